The zero-order valence-corrected chi connectivity index (χ0v) is 19.5. The van der Waals surface area contributed by atoms with Gasteiger partial charge in [0.15, 0.2) is 6.04 Å². The minimum absolute atomic E-state index is 0.0286. The first kappa shape index (κ1) is 25.7. The molecule has 0 aromatic heterocycles. The van der Waals surface area contributed by atoms with E-state index < -0.39 is 70.4 Å². The quantitative estimate of drug-likeness (QED) is 0.0792. The van der Waals surface area contributed by atoms with E-state index in [1.807, 2.05) is 0 Å². The Bertz CT molecular complexity index is 1300. The third-order valence-electron chi connectivity index (χ3n) is 7.28. The maximum atomic E-state index is 13.9. The highest BCUT2D eigenvalue weighted by atomic mass is 19.4. The summed E-state index contributed by atoms with van der Waals surface area (Å²) in [6.07, 6.45) is -4.87. The first-order valence-corrected chi connectivity index (χ1v) is 11.5. The number of carbonyl (C=O) groups excluding carboxylic acids is 3. The number of alkyl halides is 3. The van der Waals surface area contributed by atoms with Gasteiger partial charge < -0.3 is 15.5 Å². The van der Waals surface area contributed by atoms with Gasteiger partial charge in [-0.15, -0.1) is 0 Å². The molecule has 0 bridgehead atoms. The van der Waals surface area contributed by atoms with E-state index in [2.05, 4.69) is 20.9 Å². The Balaban J connectivity index is 1.46. The molecule has 13 nitrogen and oxygen atoms in total. The standard InChI is InChI=1S/C21H22F4N8O5/c22-10-4-8(3-9(5-10)21(23,24)25)16(36)29-12-7-33-18(27)28-11(6-32-13(34)1-2-14(32)35)15-19(33,20(12,37)38)31-17(26)30-15/h3-5,11-12,15,37-38H,1-2,6-7H2,(H6,26,27,28,29,30,31,36)/p+2/t11-,12?,15-,19-/m0/s1. The van der Waals surface area contributed by atoms with Crippen molar-refractivity contribution in [1.29, 1.82) is 0 Å². The number of benzene rings is 1. The molecule has 204 valence electrons. The van der Waals surface area contributed by atoms with E-state index in [-0.39, 0.29) is 43.9 Å². The van der Waals surface area contributed by atoms with Gasteiger partial charge >= 0.3 is 18.1 Å². The van der Waals surface area contributed by atoms with Crippen LogP contribution in [0.5, 0.6) is 0 Å². The molecular formula is C21H24F4N8O5+2. The highest BCUT2D eigenvalue weighted by molar-refractivity contribution is 6.02. The van der Waals surface area contributed by atoms with Crippen molar-refractivity contribution in [1.82, 2.24) is 20.9 Å². The fraction of sp³-hybridized carbons (Fsp3) is 0.476. The van der Waals surface area contributed by atoms with Gasteiger partial charge in [-0.3, -0.25) is 41.1 Å². The molecule has 0 radical (unpaired) electrons. The number of aliphatic hydroxyl groups is 2. The van der Waals surface area contributed by atoms with Crippen molar-refractivity contribution in [3.8, 4) is 0 Å². The lowest BCUT2D eigenvalue weighted by Gasteiger charge is -2.41. The monoisotopic (exact) mass is 544 g/mol. The normalized spacial score (nSPS) is 30.0. The van der Waals surface area contributed by atoms with E-state index in [4.69, 9.17) is 11.5 Å². The Kier molecular flexibility index (Phi) is 5.57. The van der Waals surface area contributed by atoms with E-state index >= 15 is 0 Å². The maximum absolute atomic E-state index is 13.9. The van der Waals surface area contributed by atoms with Crippen LogP contribution >= 0.6 is 0 Å². The lowest BCUT2D eigenvalue weighted by atomic mass is 9.85. The average molecular weight is 544 g/mol. The van der Waals surface area contributed by atoms with Crippen LogP contribution < -0.4 is 32.4 Å². The smallest absolute Gasteiger partial charge is 0.358 e. The van der Waals surface area contributed by atoms with Crippen molar-refractivity contribution in [3.05, 3.63) is 35.1 Å². The molecule has 17 heteroatoms. The Labute approximate surface area is 211 Å². The van der Waals surface area contributed by atoms with Gasteiger partial charge in [-0.25, -0.2) is 14.3 Å². The minimum Gasteiger partial charge on any atom is -0.358 e. The van der Waals surface area contributed by atoms with Crippen molar-refractivity contribution in [2.75, 3.05) is 13.1 Å². The molecule has 3 amide bonds. The van der Waals surface area contributed by atoms with Gasteiger partial charge in [0.2, 0.25) is 11.8 Å². The molecule has 4 aliphatic heterocycles. The van der Waals surface area contributed by atoms with Gasteiger partial charge in [-0.2, -0.15) is 13.2 Å². The lowest BCUT2D eigenvalue weighted by molar-refractivity contribution is -0.674. The molecule has 1 aromatic rings. The largest absolute Gasteiger partial charge is 0.416 e. The fourth-order valence-corrected chi connectivity index (χ4v) is 5.54. The molecule has 4 atom stereocenters. The number of nitrogens with one attached hydrogen (secondary N) is 4. The van der Waals surface area contributed by atoms with Crippen LogP contribution in [0.2, 0.25) is 0 Å². The van der Waals surface area contributed by atoms with Crippen molar-refractivity contribution in [3.63, 3.8) is 0 Å². The molecule has 38 heavy (non-hydrogen) atoms. The zero-order valence-electron chi connectivity index (χ0n) is 19.5. The summed E-state index contributed by atoms with van der Waals surface area (Å²) in [5, 5.41) is 30.7. The van der Waals surface area contributed by atoms with Crippen molar-refractivity contribution in [2.24, 2.45) is 11.5 Å². The summed E-state index contributed by atoms with van der Waals surface area (Å²) in [5.41, 5.74) is 8.07. The van der Waals surface area contributed by atoms with Gasteiger partial charge in [0.25, 0.3) is 17.4 Å². The molecule has 0 saturated carbocycles. The summed E-state index contributed by atoms with van der Waals surface area (Å²) in [6, 6.07) is -2.27. The highest BCUT2D eigenvalue weighted by Crippen LogP contribution is 2.38. The van der Waals surface area contributed by atoms with E-state index in [0.29, 0.717) is 12.1 Å². The van der Waals surface area contributed by atoms with Crippen molar-refractivity contribution < 1.29 is 51.7 Å². The molecule has 10 N–H and O–H groups in total. The first-order valence-electron chi connectivity index (χ1n) is 11.5. The second kappa shape index (κ2) is 8.26. The van der Waals surface area contributed by atoms with Gasteiger partial charge in [0.05, 0.1) is 18.7 Å². The van der Waals surface area contributed by atoms with Crippen LogP contribution in [0.3, 0.4) is 0 Å². The number of rotatable bonds is 4. The number of carbonyl (C=O) groups is 3. The number of hydrogen-bond acceptors (Lipinski definition) is 9. The van der Waals surface area contributed by atoms with Crippen LogP contribution in [0.25, 0.3) is 0 Å². The van der Waals surface area contributed by atoms with E-state index in [9.17, 15) is 42.2 Å². The molecule has 2 saturated heterocycles. The lowest BCUT2D eigenvalue weighted by Crippen LogP contribution is -2.92. The summed E-state index contributed by atoms with van der Waals surface area (Å²) in [7, 11) is 0. The summed E-state index contributed by atoms with van der Waals surface area (Å²) < 4.78 is 54.5. The molecule has 4 heterocycles. The second-order valence-corrected chi connectivity index (χ2v) is 9.55. The number of guanidine groups is 2. The summed E-state index contributed by atoms with van der Waals surface area (Å²) >= 11 is 0. The van der Waals surface area contributed by atoms with Gasteiger partial charge in [0.1, 0.15) is 17.9 Å². The van der Waals surface area contributed by atoms with Gasteiger partial charge in [0, 0.05) is 18.4 Å². The van der Waals surface area contributed by atoms with Gasteiger partial charge in [-0.1, -0.05) is 0 Å². The third kappa shape index (κ3) is 3.72. The predicted molar refractivity (Wildman–Crippen MR) is 117 cm³/mol. The predicted octanol–water partition coefficient (Wildman–Crippen LogP) is -4.85. The molecule has 1 spiro atoms. The van der Waals surface area contributed by atoms with Crippen molar-refractivity contribution in [2.45, 2.75) is 48.6 Å². The second-order valence-electron chi connectivity index (χ2n) is 9.55. The number of amides is 3. The molecule has 4 aliphatic rings. The average Bonchev–Trinajstić information content (AvgIpc) is 3.41. The molecule has 5 rings (SSSR count). The molecular weight excluding hydrogens is 520 g/mol. The number of nitrogens with zero attached hydrogens (tertiary/aromatic N) is 2. The third-order valence-corrected chi connectivity index (χ3v) is 7.28. The Morgan fingerprint density at radius 2 is 1.87 bits per heavy atom. The highest BCUT2D eigenvalue weighted by Gasteiger charge is 2.78. The summed E-state index contributed by atoms with van der Waals surface area (Å²) in [6.45, 7) is -0.566. The van der Waals surface area contributed by atoms with Gasteiger partial charge in [-0.05, 0) is 18.2 Å². The van der Waals surface area contributed by atoms with Crippen LogP contribution in [-0.4, -0.2) is 92.0 Å². The molecule has 2 fully saturated rings. The SMILES string of the molecule is NC1=[NH+][C@H]2[C@H](CN3C(=O)CCC3=O)NC(N)=[N+]3CC(NC(=O)c4cc(F)cc(C(F)(F)F)c4)C(O)(O)[C@]23N1. The number of imide groups is 1. The van der Waals surface area contributed by atoms with E-state index in [0.717, 1.165) is 4.90 Å². The van der Waals surface area contributed by atoms with Crippen LogP contribution in [-0.2, 0) is 15.8 Å². The van der Waals surface area contributed by atoms with Crippen LogP contribution in [0, 0.1) is 5.82 Å². The Morgan fingerprint density at radius 3 is 2.50 bits per heavy atom. The number of hydrogen-bond donors (Lipinski definition) is 8. The van der Waals surface area contributed by atoms with E-state index in [1.165, 1.54) is 4.58 Å². The molecule has 1 unspecified atom stereocenters. The number of nitrogens with two attached hydrogens (primary N) is 2. The Morgan fingerprint density at radius 1 is 1.21 bits per heavy atom. The zero-order chi connectivity index (χ0) is 27.8. The topological polar surface area (TPSA) is 200 Å². The van der Waals surface area contributed by atoms with Crippen LogP contribution in [0.1, 0.15) is 28.8 Å². The van der Waals surface area contributed by atoms with Crippen LogP contribution in [0.15, 0.2) is 18.2 Å². The fourth-order valence-electron chi connectivity index (χ4n) is 5.54. The van der Waals surface area contributed by atoms with Crippen LogP contribution in [0.4, 0.5) is 17.6 Å². The molecule has 0 aliphatic carbocycles. The summed E-state index contributed by atoms with van der Waals surface area (Å²) in [5.74, 6) is -6.47. The molecule has 1 aromatic carbocycles. The Hall–Kier alpha value is -3.99. The maximum Gasteiger partial charge on any atom is 0.416 e. The number of likely N-dealkylation sites (tertiary alicyclic amines) is 1. The number of halogens is 4. The van der Waals surface area contributed by atoms with Crippen molar-refractivity contribution >= 4 is 29.6 Å². The minimum atomic E-state index is -4.93. The summed E-state index contributed by atoms with van der Waals surface area (Å²) in [4.78, 5) is 41.1. The van der Waals surface area contributed by atoms with E-state index in [1.54, 1.807) is 0 Å². The first-order chi connectivity index (χ1) is 17.6.